The Morgan fingerprint density at radius 3 is 1.12 bits per heavy atom. The van der Waals surface area contributed by atoms with Crippen molar-refractivity contribution < 1.29 is 77.0 Å². The van der Waals surface area contributed by atoms with Crippen molar-refractivity contribution in [2.24, 2.45) is 57.7 Å². The number of carbonyl (C=O) groups excluding carboxylic acids is 15. The normalized spacial score (nSPS) is 15.9. The lowest BCUT2D eigenvalue weighted by molar-refractivity contribution is -0.143. The van der Waals surface area contributed by atoms with Gasteiger partial charge in [-0.25, -0.2) is 0 Å². The van der Waals surface area contributed by atoms with E-state index in [9.17, 15) is 57.8 Å². The number of nitrogens with one attached hydrogen (secondary N) is 25. The van der Waals surface area contributed by atoms with E-state index in [1.54, 1.807) is 70.3 Å². The van der Waals surface area contributed by atoms with Crippen molar-refractivity contribution in [1.29, 1.82) is 32.5 Å². The van der Waals surface area contributed by atoms with Crippen LogP contribution in [-0.2, 0) is 84.8 Å². The molecule has 0 radical (unpaired) electrons. The fourth-order valence-corrected chi connectivity index (χ4v) is 15.9. The van der Waals surface area contributed by atoms with E-state index < -0.39 is 204 Å². The first-order valence-electron chi connectivity index (χ1n) is 46.9. The lowest BCUT2D eigenvalue weighted by Gasteiger charge is -2.32. The monoisotopic (exact) mass is 1950 g/mol. The molecule has 14 atom stereocenters. The molecule has 3 aromatic rings. The van der Waals surface area contributed by atoms with Crippen LogP contribution in [0.2, 0.25) is 0 Å². The number of primary amides is 1. The van der Waals surface area contributed by atoms with Gasteiger partial charge in [-0.3, -0.25) is 104 Å². The number of carbonyl (C=O) groups is 15. The fourth-order valence-electron chi connectivity index (χ4n) is 15.9. The number of amides is 15. The number of para-hydroxylation sites is 1. The molecule has 770 valence electrons. The number of aliphatic hydroxyl groups is 1. The molecule has 51 heteroatoms. The summed E-state index contributed by atoms with van der Waals surface area (Å²) in [5.41, 5.74) is 47.2. The number of H-pyrrole nitrogens is 1. The van der Waals surface area contributed by atoms with E-state index in [1.807, 2.05) is 18.2 Å². The maximum absolute atomic E-state index is 15.3. The standard InChI is InChI=1S/C88H147N35O16/c1-48(2)43-63(118-76(133)64(44-51-21-7-6-8-22-51)119-78(135)65(47-124)120-75(132)59(30-17-39-107-87(99)100)113-79(136)66-32-19-41-122(66)50(5)125)77(134)121-68(49(3)4)81(138)115-60(31-18-40-108-88(101)102)73(130)116-61(25-11-12-34-89)82(139)123-42-20-33-67(123)80(137)114-58(29-16-38-106-86(97)98)72(129)111-56(27-14-36-104-84(93)94)70(127)110-55(26-13-35-103-83(91)92)71(128)112-57(28-15-37-105-85(95)96)74(131)117-62(69(90)126)45-52-46-109-54-24-10-9-23-53(52)54/h6-10,21-24,46,48-49,55-68,109,124H,11-20,25-45,47,89H2,1-5H3,(H2,90,126)(H,110,127)(H,111,129)(H,112,128)(H,113,136)(H,114,137)(H,115,138)(H,116,130)(H,117,131)(H,118,133)(H,119,135)(H,120,132)(H,121,134)(H4,91,92,103)(H4,93,94,104)(H4,95,96,105)(H4,97,98,106)(H4,99,100,107)(H4,101,102,108)/t55-,56-,57-,58-,59-,60-,61-,62-,63-,64-,65-,66-,67-,68-/m0/s1. The molecule has 42 N–H and O–H groups in total. The molecule has 51 nitrogen and oxygen atoms in total. The van der Waals surface area contributed by atoms with Crippen molar-refractivity contribution in [3.05, 3.63) is 71.9 Å². The first-order valence-corrected chi connectivity index (χ1v) is 46.9. The predicted molar refractivity (Wildman–Crippen MR) is 519 cm³/mol. The van der Waals surface area contributed by atoms with Crippen LogP contribution < -0.4 is 142 Å². The predicted octanol–water partition coefficient (Wildman–Crippen LogP) is -7.34. The van der Waals surface area contributed by atoms with Crippen LogP contribution in [0.3, 0.4) is 0 Å². The Morgan fingerprint density at radius 1 is 0.388 bits per heavy atom. The first-order chi connectivity index (χ1) is 66.0. The third-order valence-corrected chi connectivity index (χ3v) is 23.1. The molecule has 0 saturated carbocycles. The summed E-state index contributed by atoms with van der Waals surface area (Å²) in [5.74, 6) is -16.2. The highest BCUT2D eigenvalue weighted by atomic mass is 16.3. The lowest BCUT2D eigenvalue weighted by atomic mass is 9.98. The average molecular weight is 1950 g/mol. The van der Waals surface area contributed by atoms with Crippen molar-refractivity contribution in [2.45, 2.75) is 260 Å². The number of nitrogens with two attached hydrogens (primary N) is 8. The van der Waals surface area contributed by atoms with Gasteiger partial charge in [0.1, 0.15) is 84.6 Å². The van der Waals surface area contributed by atoms with Crippen LogP contribution in [0, 0.1) is 44.3 Å². The number of rotatable bonds is 62. The number of fused-ring (bicyclic) bond motifs is 1. The zero-order valence-electron chi connectivity index (χ0n) is 79.7. The van der Waals surface area contributed by atoms with Crippen LogP contribution in [0.1, 0.15) is 174 Å². The molecule has 5 rings (SSSR count). The van der Waals surface area contributed by atoms with Gasteiger partial charge in [0.15, 0.2) is 35.8 Å². The van der Waals surface area contributed by atoms with Crippen LogP contribution in [0.25, 0.3) is 10.9 Å². The lowest BCUT2D eigenvalue weighted by Crippen LogP contribution is -2.62. The number of likely N-dealkylation sites (tertiary alicyclic amines) is 2. The molecule has 1 aromatic heterocycles. The summed E-state index contributed by atoms with van der Waals surface area (Å²) in [7, 11) is 0. The Balaban J connectivity index is 1.41. The van der Waals surface area contributed by atoms with Gasteiger partial charge in [-0.15, -0.1) is 0 Å². The van der Waals surface area contributed by atoms with E-state index in [0.29, 0.717) is 36.9 Å². The largest absolute Gasteiger partial charge is 0.394 e. The Hall–Kier alpha value is -14.4. The summed E-state index contributed by atoms with van der Waals surface area (Å²) < 4.78 is 0. The Labute approximate surface area is 807 Å². The quantitative estimate of drug-likeness (QED) is 0.0142. The second-order valence-corrected chi connectivity index (χ2v) is 35.1. The maximum Gasteiger partial charge on any atom is 0.245 e. The molecule has 2 aromatic carbocycles. The third-order valence-electron chi connectivity index (χ3n) is 23.1. The number of aromatic amines is 1. The second-order valence-electron chi connectivity index (χ2n) is 35.1. The first kappa shape index (κ1) is 115. The van der Waals surface area contributed by atoms with E-state index >= 15 is 19.2 Å². The molecule has 15 amide bonds. The van der Waals surface area contributed by atoms with Crippen molar-refractivity contribution in [2.75, 3.05) is 65.5 Å². The van der Waals surface area contributed by atoms with Gasteiger partial charge >= 0.3 is 0 Å². The van der Waals surface area contributed by atoms with Gasteiger partial charge in [-0.05, 0) is 164 Å². The second kappa shape index (κ2) is 60.2. The molecule has 3 heterocycles. The molecule has 139 heavy (non-hydrogen) atoms. The summed E-state index contributed by atoms with van der Waals surface area (Å²) in [6, 6.07) is -4.26. The highest BCUT2D eigenvalue weighted by molar-refractivity contribution is 6.01. The van der Waals surface area contributed by atoms with Gasteiger partial charge in [-0.1, -0.05) is 76.2 Å². The molecule has 0 spiro atoms. The number of unbranched alkanes of at least 4 members (excludes halogenated alkanes) is 1. The zero-order valence-corrected chi connectivity index (χ0v) is 79.7. The number of nitrogens with zero attached hydrogens (tertiary/aromatic N) is 2. The number of benzene rings is 2. The zero-order chi connectivity index (χ0) is 103. The van der Waals surface area contributed by atoms with Crippen molar-refractivity contribution in [3.63, 3.8) is 0 Å². The summed E-state index contributed by atoms with van der Waals surface area (Å²) in [4.78, 5) is 223. The SMILES string of the molecule is CC(=O)N1CCC[C@H]1C(=O)N[C@@H](CCCNC(=N)N)C(=O)N[C@@H](CO)C(=O)N[C@@H](Cc1ccccc1)C(=O)N[C@@H](CC(C)C)C(=O)N[C@H](C(=O)N[C@@H](CCCNC(=N)N)C(=O)N[C@@H](CCCCN)C(=O)N1CCC[C@H]1C(=O)N[C@@H](CCCNC(=N)N)C(=O)N[C@@H](CCCNC(=N)N)C(=O)N[C@@H](CCCNC(=N)N)C(=O)N[C@@H](CCCNC(=N)N)C(=O)N[C@@H](Cc1c[nH]c2ccccc12)C(N)=O)C(C)C. The van der Waals surface area contributed by atoms with Gasteiger partial charge < -0.3 is 161 Å². The van der Waals surface area contributed by atoms with Crippen molar-refractivity contribution in [3.8, 4) is 0 Å². The van der Waals surface area contributed by atoms with Crippen LogP contribution in [-0.4, -0.2) is 294 Å². The van der Waals surface area contributed by atoms with E-state index in [2.05, 4.69) is 101 Å². The number of hydrogen-bond acceptors (Lipinski definition) is 23. The molecule has 2 saturated heterocycles. The number of aliphatic hydroxyl groups excluding tert-OH is 1. The van der Waals surface area contributed by atoms with Crippen LogP contribution in [0.15, 0.2) is 60.8 Å². The maximum atomic E-state index is 15.3. The summed E-state index contributed by atoms with van der Waals surface area (Å²) in [5, 5.41) is 106. The minimum Gasteiger partial charge on any atom is -0.394 e. The van der Waals surface area contributed by atoms with Crippen molar-refractivity contribution >= 4 is 135 Å². The minimum atomic E-state index is -1.73. The van der Waals surface area contributed by atoms with Gasteiger partial charge in [-0.2, -0.15) is 0 Å². The number of guanidine groups is 6. The van der Waals surface area contributed by atoms with E-state index in [4.69, 9.17) is 78.3 Å². The van der Waals surface area contributed by atoms with E-state index in [1.165, 1.54) is 16.7 Å². The summed E-state index contributed by atoms with van der Waals surface area (Å²) >= 11 is 0. The summed E-state index contributed by atoms with van der Waals surface area (Å²) in [6.45, 7) is 7.63. The minimum absolute atomic E-state index is 0.00403. The highest BCUT2D eigenvalue weighted by Gasteiger charge is 2.43. The Kier molecular flexibility index (Phi) is 49.9. The highest BCUT2D eigenvalue weighted by Crippen LogP contribution is 2.24. The number of aromatic nitrogens is 1. The van der Waals surface area contributed by atoms with Crippen LogP contribution in [0.5, 0.6) is 0 Å². The molecule has 0 aliphatic carbocycles. The van der Waals surface area contributed by atoms with Crippen molar-refractivity contribution in [1.82, 2.24) is 110 Å². The molecule has 0 bridgehead atoms. The van der Waals surface area contributed by atoms with Gasteiger partial charge in [0.2, 0.25) is 88.6 Å². The van der Waals surface area contributed by atoms with Crippen LogP contribution in [0.4, 0.5) is 0 Å². The van der Waals surface area contributed by atoms with Gasteiger partial charge in [0, 0.05) is 89.2 Å². The fraction of sp³-hybridized carbons (Fsp3) is 0.602. The Bertz CT molecular complexity index is 4670. The molecule has 2 aliphatic heterocycles. The van der Waals surface area contributed by atoms with Gasteiger partial charge in [0.25, 0.3) is 0 Å². The Morgan fingerprint density at radius 2 is 0.727 bits per heavy atom. The van der Waals surface area contributed by atoms with E-state index in [-0.39, 0.29) is 198 Å². The summed E-state index contributed by atoms with van der Waals surface area (Å²) in [6.07, 6.45) is 2.57. The average Bonchev–Trinajstić information content (AvgIpc) is 1.71. The van der Waals surface area contributed by atoms with Crippen LogP contribution >= 0.6 is 0 Å². The molecular weight excluding hydrogens is 1800 g/mol. The number of hydrogen-bond donors (Lipinski definition) is 34. The molecular formula is C88H147N35O16. The smallest absolute Gasteiger partial charge is 0.245 e. The van der Waals surface area contributed by atoms with Gasteiger partial charge in [0.05, 0.1) is 6.61 Å². The van der Waals surface area contributed by atoms with E-state index in [0.717, 1.165) is 10.9 Å². The molecule has 2 aliphatic rings. The molecule has 0 unspecified atom stereocenters. The topological polar surface area (TPSA) is 866 Å². The third kappa shape index (κ3) is 41.2. The molecule has 2 fully saturated rings.